The smallest absolute Gasteiger partial charge is 0.227 e. The molecule has 2 aromatic rings. The number of nitrogens with zero attached hydrogens (tertiary/aromatic N) is 2. The molecule has 5 nitrogen and oxygen atoms in total. The summed E-state index contributed by atoms with van der Waals surface area (Å²) in [6.45, 7) is 0. The molecule has 0 atom stereocenters. The summed E-state index contributed by atoms with van der Waals surface area (Å²) < 4.78 is 18.3. The van der Waals surface area contributed by atoms with E-state index in [0.29, 0.717) is 11.4 Å². The van der Waals surface area contributed by atoms with Crippen molar-refractivity contribution in [2.24, 2.45) is 5.73 Å². The van der Waals surface area contributed by atoms with Crippen LogP contribution in [-0.4, -0.2) is 22.1 Å². The van der Waals surface area contributed by atoms with Crippen LogP contribution >= 0.6 is 12.2 Å². The molecule has 0 spiro atoms. The Kier molecular flexibility index (Phi) is 3.86. The normalized spacial score (nSPS) is 10.0. The molecule has 0 fully saturated rings. The molecule has 0 saturated heterocycles. The Hall–Kier alpha value is -2.28. The molecular formula is C12H11FN4OS. The predicted molar refractivity (Wildman–Crippen MR) is 74.2 cm³/mol. The number of nitrogens with one attached hydrogen (secondary N) is 1. The largest absolute Gasteiger partial charge is 0.494 e. The predicted octanol–water partition coefficient (Wildman–Crippen LogP) is 2.00. The van der Waals surface area contributed by atoms with E-state index in [1.54, 1.807) is 12.1 Å². The highest BCUT2D eigenvalue weighted by atomic mass is 32.1. The van der Waals surface area contributed by atoms with Crippen LogP contribution in [0.3, 0.4) is 0 Å². The number of hydrogen-bond donors (Lipinski definition) is 2. The molecule has 0 aliphatic rings. The third-order valence-corrected chi connectivity index (χ3v) is 2.53. The van der Waals surface area contributed by atoms with Crippen molar-refractivity contribution in [3.05, 3.63) is 42.0 Å². The number of anilines is 2. The van der Waals surface area contributed by atoms with Crippen LogP contribution in [0.1, 0.15) is 5.69 Å². The van der Waals surface area contributed by atoms with Gasteiger partial charge in [-0.3, -0.25) is 0 Å². The zero-order valence-corrected chi connectivity index (χ0v) is 10.9. The third-order valence-electron chi connectivity index (χ3n) is 2.32. The molecule has 0 bridgehead atoms. The summed E-state index contributed by atoms with van der Waals surface area (Å²) in [7, 11) is 1.40. The minimum atomic E-state index is -0.474. The molecule has 98 valence electrons. The fourth-order valence-corrected chi connectivity index (χ4v) is 1.54. The molecule has 0 aliphatic carbocycles. The summed E-state index contributed by atoms with van der Waals surface area (Å²) >= 11 is 4.82. The topological polar surface area (TPSA) is 73.1 Å². The lowest BCUT2D eigenvalue weighted by molar-refractivity contribution is 0.386. The Morgan fingerprint density at radius 3 is 2.84 bits per heavy atom. The van der Waals surface area contributed by atoms with E-state index in [1.165, 1.54) is 25.4 Å². The Labute approximate surface area is 114 Å². The van der Waals surface area contributed by atoms with E-state index in [2.05, 4.69) is 15.3 Å². The van der Waals surface area contributed by atoms with Gasteiger partial charge in [-0.05, 0) is 18.2 Å². The summed E-state index contributed by atoms with van der Waals surface area (Å²) in [5, 5.41) is 2.86. The Bertz CT molecular complexity index is 620. The number of hydrogen-bond acceptors (Lipinski definition) is 5. The molecule has 0 radical (unpaired) electrons. The van der Waals surface area contributed by atoms with Crippen molar-refractivity contribution in [2.45, 2.75) is 0 Å². The van der Waals surface area contributed by atoms with E-state index >= 15 is 0 Å². The van der Waals surface area contributed by atoms with Crippen molar-refractivity contribution < 1.29 is 9.13 Å². The first kappa shape index (κ1) is 13.2. The molecule has 1 aromatic heterocycles. The highest BCUT2D eigenvalue weighted by Crippen LogP contribution is 2.22. The molecule has 2 rings (SSSR count). The van der Waals surface area contributed by atoms with Crippen molar-refractivity contribution in [3.63, 3.8) is 0 Å². The minimum absolute atomic E-state index is 0.170. The first-order valence-corrected chi connectivity index (χ1v) is 5.74. The summed E-state index contributed by atoms with van der Waals surface area (Å²) in [6.07, 6.45) is 1.52. The van der Waals surface area contributed by atoms with E-state index in [-0.39, 0.29) is 16.7 Å². The molecule has 0 unspecified atom stereocenters. The van der Waals surface area contributed by atoms with Crippen molar-refractivity contribution >= 4 is 28.8 Å². The molecule has 0 saturated carbocycles. The highest BCUT2D eigenvalue weighted by molar-refractivity contribution is 7.80. The number of aromatic nitrogens is 2. The Balaban J connectivity index is 2.23. The van der Waals surface area contributed by atoms with Crippen LogP contribution in [0, 0.1) is 5.82 Å². The zero-order chi connectivity index (χ0) is 13.8. The van der Waals surface area contributed by atoms with E-state index in [4.69, 9.17) is 22.7 Å². The fraction of sp³-hybridized carbons (Fsp3) is 0.0833. The lowest BCUT2D eigenvalue weighted by Gasteiger charge is -2.07. The van der Waals surface area contributed by atoms with Crippen molar-refractivity contribution in [1.82, 2.24) is 9.97 Å². The number of nitrogens with two attached hydrogens (primary N) is 1. The van der Waals surface area contributed by atoms with Gasteiger partial charge in [0.25, 0.3) is 0 Å². The Morgan fingerprint density at radius 1 is 1.42 bits per heavy atom. The second-order valence-electron chi connectivity index (χ2n) is 3.60. The number of methoxy groups -OCH3 is 1. The van der Waals surface area contributed by atoms with Crippen LogP contribution < -0.4 is 15.8 Å². The molecule has 0 aliphatic heterocycles. The first-order valence-electron chi connectivity index (χ1n) is 5.33. The highest BCUT2D eigenvalue weighted by Gasteiger charge is 2.06. The summed E-state index contributed by atoms with van der Waals surface area (Å²) in [5.74, 6) is -0.0174. The summed E-state index contributed by atoms with van der Waals surface area (Å²) in [4.78, 5) is 8.27. The molecule has 19 heavy (non-hydrogen) atoms. The van der Waals surface area contributed by atoms with E-state index < -0.39 is 5.82 Å². The van der Waals surface area contributed by atoms with Gasteiger partial charge in [-0.1, -0.05) is 12.2 Å². The van der Waals surface area contributed by atoms with Crippen LogP contribution in [-0.2, 0) is 0 Å². The first-order chi connectivity index (χ1) is 9.10. The van der Waals surface area contributed by atoms with Crippen LogP contribution in [0.25, 0.3) is 0 Å². The summed E-state index contributed by atoms with van der Waals surface area (Å²) in [6, 6.07) is 6.05. The van der Waals surface area contributed by atoms with E-state index in [0.717, 1.165) is 0 Å². The average molecular weight is 278 g/mol. The lowest BCUT2D eigenvalue weighted by atomic mass is 10.3. The SMILES string of the molecule is COc1ccc(Nc2nccc(C(N)=S)n2)cc1F. The number of halogens is 1. The van der Waals surface area contributed by atoms with Crippen molar-refractivity contribution in [1.29, 1.82) is 0 Å². The van der Waals surface area contributed by atoms with Gasteiger partial charge in [0.1, 0.15) is 10.7 Å². The van der Waals surface area contributed by atoms with Gasteiger partial charge in [0.05, 0.1) is 7.11 Å². The summed E-state index contributed by atoms with van der Waals surface area (Å²) in [5.41, 5.74) is 6.42. The molecule has 3 N–H and O–H groups in total. The lowest BCUT2D eigenvalue weighted by Crippen LogP contribution is -2.12. The maximum Gasteiger partial charge on any atom is 0.227 e. The monoisotopic (exact) mass is 278 g/mol. The van der Waals surface area contributed by atoms with Gasteiger partial charge < -0.3 is 15.8 Å². The van der Waals surface area contributed by atoms with Gasteiger partial charge in [0.2, 0.25) is 5.95 Å². The molecule has 7 heteroatoms. The van der Waals surface area contributed by atoms with Crippen LogP contribution in [0.15, 0.2) is 30.5 Å². The van der Waals surface area contributed by atoms with Gasteiger partial charge in [-0.25, -0.2) is 14.4 Å². The zero-order valence-electron chi connectivity index (χ0n) is 10.1. The second-order valence-corrected chi connectivity index (χ2v) is 4.04. The van der Waals surface area contributed by atoms with Gasteiger partial charge in [0.15, 0.2) is 11.6 Å². The minimum Gasteiger partial charge on any atom is -0.494 e. The average Bonchev–Trinajstić information content (AvgIpc) is 2.39. The van der Waals surface area contributed by atoms with Crippen molar-refractivity contribution in [2.75, 3.05) is 12.4 Å². The van der Waals surface area contributed by atoms with Gasteiger partial charge in [-0.2, -0.15) is 0 Å². The molecule has 0 amide bonds. The van der Waals surface area contributed by atoms with Crippen LogP contribution in [0.5, 0.6) is 5.75 Å². The number of rotatable bonds is 4. The standard InChI is InChI=1S/C12H11FN4OS/c1-18-10-3-2-7(6-8(10)13)16-12-15-5-4-9(17-12)11(14)19/h2-6H,1H3,(H2,14,19)(H,15,16,17). The van der Waals surface area contributed by atoms with Gasteiger partial charge >= 0.3 is 0 Å². The molecular weight excluding hydrogens is 267 g/mol. The van der Waals surface area contributed by atoms with E-state index in [1.807, 2.05) is 0 Å². The molecule has 1 aromatic carbocycles. The Morgan fingerprint density at radius 2 is 2.21 bits per heavy atom. The maximum absolute atomic E-state index is 13.5. The number of thiocarbonyl (C=S) groups is 1. The second kappa shape index (κ2) is 5.57. The van der Waals surface area contributed by atoms with Crippen LogP contribution in [0.2, 0.25) is 0 Å². The number of ether oxygens (including phenoxy) is 1. The number of benzene rings is 1. The van der Waals surface area contributed by atoms with Crippen LogP contribution in [0.4, 0.5) is 16.0 Å². The molecule has 1 heterocycles. The van der Waals surface area contributed by atoms with Gasteiger partial charge in [-0.15, -0.1) is 0 Å². The van der Waals surface area contributed by atoms with Crippen molar-refractivity contribution in [3.8, 4) is 5.75 Å². The third kappa shape index (κ3) is 3.14. The van der Waals surface area contributed by atoms with E-state index in [9.17, 15) is 4.39 Å². The van der Waals surface area contributed by atoms with Gasteiger partial charge in [0, 0.05) is 18.0 Å². The fourth-order valence-electron chi connectivity index (χ4n) is 1.43. The maximum atomic E-state index is 13.5. The quantitative estimate of drug-likeness (QED) is 0.833.